The van der Waals surface area contributed by atoms with Gasteiger partial charge in [-0.1, -0.05) is 11.6 Å². The Bertz CT molecular complexity index is 515. The van der Waals surface area contributed by atoms with Crippen LogP contribution in [0.2, 0.25) is 5.02 Å². The summed E-state index contributed by atoms with van der Waals surface area (Å²) < 4.78 is 5.01. The summed E-state index contributed by atoms with van der Waals surface area (Å²) >= 11 is 7.00. The smallest absolute Gasteiger partial charge is 0.337 e. The molecule has 0 unspecified atom stereocenters. The van der Waals surface area contributed by atoms with Crippen LogP contribution in [0.25, 0.3) is 0 Å². The van der Waals surface area contributed by atoms with Crippen molar-refractivity contribution < 1.29 is 14.3 Å². The van der Waals surface area contributed by atoms with Crippen LogP contribution in [0, 0.1) is 0 Å². The molecule has 0 spiro atoms. The zero-order chi connectivity index (χ0) is 11.5. The maximum absolute atomic E-state index is 10.6. The van der Waals surface area contributed by atoms with E-state index in [1.807, 2.05) is 0 Å². The predicted molar refractivity (Wildman–Crippen MR) is 56.8 cm³/mol. The van der Waals surface area contributed by atoms with Crippen molar-refractivity contribution >= 4 is 29.3 Å². The quantitative estimate of drug-likeness (QED) is 0.910. The van der Waals surface area contributed by atoms with Crippen molar-refractivity contribution in [2.24, 2.45) is 0 Å². The van der Waals surface area contributed by atoms with E-state index in [2.05, 4.69) is 9.97 Å². The van der Waals surface area contributed by atoms with E-state index in [-0.39, 0.29) is 10.6 Å². The molecule has 2 heterocycles. The second-order valence-electron chi connectivity index (χ2n) is 2.72. The molecule has 0 aromatic carbocycles. The summed E-state index contributed by atoms with van der Waals surface area (Å²) in [6.45, 7) is 0. The Morgan fingerprint density at radius 1 is 1.50 bits per heavy atom. The molecule has 0 aliphatic carbocycles. The lowest BCUT2D eigenvalue weighted by atomic mass is 10.3. The number of carbonyl (C=O) groups is 1. The number of pyridine rings is 1. The third-order valence-electron chi connectivity index (χ3n) is 1.65. The summed E-state index contributed by atoms with van der Waals surface area (Å²) in [6, 6.07) is 1.34. The van der Waals surface area contributed by atoms with Gasteiger partial charge in [0.1, 0.15) is 11.3 Å². The zero-order valence-electron chi connectivity index (χ0n) is 7.75. The molecule has 2 aromatic heterocycles. The molecule has 82 valence electrons. The minimum Gasteiger partial charge on any atom is -0.478 e. The number of oxazole rings is 1. The van der Waals surface area contributed by atoms with Gasteiger partial charge in [-0.3, -0.25) is 0 Å². The fourth-order valence-electron chi connectivity index (χ4n) is 0.961. The molecule has 2 rings (SSSR count). The van der Waals surface area contributed by atoms with Crippen LogP contribution in [0.3, 0.4) is 0 Å². The first-order valence-electron chi connectivity index (χ1n) is 4.13. The van der Waals surface area contributed by atoms with E-state index in [1.54, 1.807) is 0 Å². The average molecular weight is 257 g/mol. The summed E-state index contributed by atoms with van der Waals surface area (Å²) in [5.74, 6) is -1.07. The molecule has 0 saturated carbocycles. The van der Waals surface area contributed by atoms with Gasteiger partial charge in [0.2, 0.25) is 0 Å². The summed E-state index contributed by atoms with van der Waals surface area (Å²) in [5.41, 5.74) is 0.0433. The van der Waals surface area contributed by atoms with Crippen molar-refractivity contribution in [3.8, 4) is 0 Å². The normalized spacial score (nSPS) is 10.3. The maximum Gasteiger partial charge on any atom is 0.337 e. The number of carboxylic acids is 1. The lowest BCUT2D eigenvalue weighted by molar-refractivity contribution is 0.0696. The Hall–Kier alpha value is -1.53. The predicted octanol–water partition coefficient (Wildman–Crippen LogP) is 2.57. The third kappa shape index (κ3) is 2.34. The highest BCUT2D eigenvalue weighted by molar-refractivity contribution is 7.99. The zero-order valence-corrected chi connectivity index (χ0v) is 9.33. The highest BCUT2D eigenvalue weighted by Crippen LogP contribution is 2.30. The van der Waals surface area contributed by atoms with E-state index in [0.717, 1.165) is 11.8 Å². The average Bonchev–Trinajstić information content (AvgIpc) is 2.73. The first kappa shape index (κ1) is 11.0. The van der Waals surface area contributed by atoms with Crippen LogP contribution in [-0.2, 0) is 0 Å². The number of aromatic nitrogens is 2. The minimum absolute atomic E-state index is 0.0433. The van der Waals surface area contributed by atoms with Gasteiger partial charge in [-0.25, -0.2) is 14.8 Å². The van der Waals surface area contributed by atoms with Gasteiger partial charge in [0.05, 0.1) is 16.8 Å². The van der Waals surface area contributed by atoms with E-state index < -0.39 is 5.97 Å². The topological polar surface area (TPSA) is 76.2 Å². The molecule has 1 N–H and O–H groups in total. The number of carboxylic acid groups (broad SMARTS) is 1. The Morgan fingerprint density at radius 3 is 2.88 bits per heavy atom. The Labute approximate surface area is 99.5 Å². The first-order valence-corrected chi connectivity index (χ1v) is 5.32. The highest BCUT2D eigenvalue weighted by Gasteiger charge is 2.11. The fourth-order valence-corrected chi connectivity index (χ4v) is 1.89. The van der Waals surface area contributed by atoms with E-state index in [0.29, 0.717) is 10.2 Å². The van der Waals surface area contributed by atoms with Crippen LogP contribution in [0.4, 0.5) is 0 Å². The third-order valence-corrected chi connectivity index (χ3v) is 2.94. The van der Waals surface area contributed by atoms with Crippen molar-refractivity contribution in [3.05, 3.63) is 35.3 Å². The van der Waals surface area contributed by atoms with Gasteiger partial charge in [-0.2, -0.15) is 0 Å². The highest BCUT2D eigenvalue weighted by atomic mass is 35.5. The molecule has 0 bridgehead atoms. The molecule has 0 aliphatic heterocycles. The van der Waals surface area contributed by atoms with Crippen LogP contribution >= 0.6 is 23.4 Å². The molecule has 5 nitrogen and oxygen atoms in total. The number of halogens is 1. The molecule has 0 atom stereocenters. The summed E-state index contributed by atoms with van der Waals surface area (Å²) in [5, 5.41) is 9.83. The van der Waals surface area contributed by atoms with Gasteiger partial charge >= 0.3 is 5.97 Å². The molecule has 0 amide bonds. The second kappa shape index (κ2) is 4.54. The van der Waals surface area contributed by atoms with Gasteiger partial charge in [-0.05, 0) is 17.8 Å². The van der Waals surface area contributed by atoms with E-state index in [9.17, 15) is 4.79 Å². The van der Waals surface area contributed by atoms with Crippen molar-refractivity contribution in [1.82, 2.24) is 9.97 Å². The Balaban J connectivity index is 2.26. The standard InChI is InChI=1S/C9H5ClN2O3S/c10-6-3-5(8(13)14)4-12-7(6)16-9-11-1-2-15-9/h1-4H,(H,13,14). The fraction of sp³-hybridized carbons (Fsp3) is 0. The van der Waals surface area contributed by atoms with Gasteiger partial charge in [0.25, 0.3) is 5.22 Å². The molecule has 0 aliphatic rings. The van der Waals surface area contributed by atoms with Crippen molar-refractivity contribution in [2.75, 3.05) is 0 Å². The number of hydrogen-bond acceptors (Lipinski definition) is 5. The van der Waals surface area contributed by atoms with Crippen LogP contribution in [0.5, 0.6) is 0 Å². The Morgan fingerprint density at radius 2 is 2.31 bits per heavy atom. The molecule has 16 heavy (non-hydrogen) atoms. The van der Waals surface area contributed by atoms with Crippen LogP contribution in [-0.4, -0.2) is 21.0 Å². The molecule has 2 aromatic rings. The SMILES string of the molecule is O=C(O)c1cnc(Sc2ncco2)c(Cl)c1. The number of rotatable bonds is 3. The molecule has 0 radical (unpaired) electrons. The van der Waals surface area contributed by atoms with E-state index >= 15 is 0 Å². The van der Waals surface area contributed by atoms with Crippen LogP contribution < -0.4 is 0 Å². The minimum atomic E-state index is -1.07. The maximum atomic E-state index is 10.6. The summed E-state index contributed by atoms with van der Waals surface area (Å²) in [6.07, 6.45) is 4.17. The van der Waals surface area contributed by atoms with Crippen molar-refractivity contribution in [3.63, 3.8) is 0 Å². The van der Waals surface area contributed by atoms with Crippen molar-refractivity contribution in [2.45, 2.75) is 10.2 Å². The van der Waals surface area contributed by atoms with Gasteiger partial charge in [-0.15, -0.1) is 0 Å². The molecule has 0 saturated heterocycles. The molecular weight excluding hydrogens is 252 g/mol. The van der Waals surface area contributed by atoms with Gasteiger partial charge in [0, 0.05) is 6.20 Å². The van der Waals surface area contributed by atoms with Crippen molar-refractivity contribution in [1.29, 1.82) is 0 Å². The number of hydrogen-bond donors (Lipinski definition) is 1. The second-order valence-corrected chi connectivity index (χ2v) is 4.06. The largest absolute Gasteiger partial charge is 0.478 e. The van der Waals surface area contributed by atoms with E-state index in [4.69, 9.17) is 21.1 Å². The lowest BCUT2D eigenvalue weighted by Crippen LogP contribution is -1.97. The first-order chi connectivity index (χ1) is 7.66. The number of aromatic carboxylic acids is 1. The summed E-state index contributed by atoms with van der Waals surface area (Å²) in [7, 11) is 0. The molecule has 0 fully saturated rings. The van der Waals surface area contributed by atoms with Crippen LogP contribution in [0.15, 0.2) is 39.4 Å². The van der Waals surface area contributed by atoms with Crippen LogP contribution in [0.1, 0.15) is 10.4 Å². The van der Waals surface area contributed by atoms with E-state index in [1.165, 1.54) is 24.7 Å². The number of nitrogens with zero attached hydrogens (tertiary/aromatic N) is 2. The summed E-state index contributed by atoms with van der Waals surface area (Å²) in [4.78, 5) is 18.5. The van der Waals surface area contributed by atoms with Gasteiger partial charge < -0.3 is 9.52 Å². The molecular formula is C9H5ClN2O3S. The molecule has 7 heteroatoms. The Kier molecular flexibility index (Phi) is 3.12. The lowest BCUT2D eigenvalue weighted by Gasteiger charge is -2.00. The monoisotopic (exact) mass is 256 g/mol. The van der Waals surface area contributed by atoms with Gasteiger partial charge in [0.15, 0.2) is 0 Å².